The van der Waals surface area contributed by atoms with E-state index in [4.69, 9.17) is 14.2 Å². The lowest BCUT2D eigenvalue weighted by Gasteiger charge is -2.33. The summed E-state index contributed by atoms with van der Waals surface area (Å²) in [6, 6.07) is 14.3. The summed E-state index contributed by atoms with van der Waals surface area (Å²) in [5.74, 6) is 1.15. The van der Waals surface area contributed by atoms with Gasteiger partial charge in [0.15, 0.2) is 11.5 Å². The van der Waals surface area contributed by atoms with E-state index in [0.717, 1.165) is 28.7 Å². The van der Waals surface area contributed by atoms with Crippen LogP contribution in [-0.4, -0.2) is 50.6 Å². The van der Waals surface area contributed by atoms with Gasteiger partial charge in [-0.3, -0.25) is 14.4 Å². The van der Waals surface area contributed by atoms with Gasteiger partial charge in [0.05, 0.1) is 33.1 Å². The third-order valence-corrected chi connectivity index (χ3v) is 8.60. The SMILES string of the molecule is COc1cc2c(c(OC)c1OC)-c1ccc(N[C@@H](C(=O)N3CCc4ccccc4C3)C(C)C)c(=O)cc1[C@H](NC(C)=O)CC2. The van der Waals surface area contributed by atoms with Gasteiger partial charge < -0.3 is 29.7 Å². The van der Waals surface area contributed by atoms with Gasteiger partial charge >= 0.3 is 0 Å². The van der Waals surface area contributed by atoms with Crippen molar-refractivity contribution in [3.8, 4) is 28.4 Å². The molecule has 0 spiro atoms. The number of rotatable bonds is 8. The molecule has 1 heterocycles. The van der Waals surface area contributed by atoms with Crippen LogP contribution in [0.25, 0.3) is 11.1 Å². The van der Waals surface area contributed by atoms with E-state index in [-0.39, 0.29) is 23.2 Å². The number of carbonyl (C=O) groups is 2. The summed E-state index contributed by atoms with van der Waals surface area (Å²) in [5, 5.41) is 6.34. The van der Waals surface area contributed by atoms with Crippen LogP contribution in [-0.2, 0) is 29.0 Å². The van der Waals surface area contributed by atoms with Gasteiger partial charge in [0.1, 0.15) is 6.04 Å². The molecular weight excluding hydrogens is 558 g/mol. The minimum absolute atomic E-state index is 0.0399. The molecule has 0 bridgehead atoms. The average molecular weight is 600 g/mol. The molecule has 44 heavy (non-hydrogen) atoms. The third-order valence-electron chi connectivity index (χ3n) is 8.60. The first-order valence-corrected chi connectivity index (χ1v) is 15.1. The van der Waals surface area contributed by atoms with Crippen LogP contribution in [0.5, 0.6) is 17.2 Å². The molecule has 232 valence electrons. The van der Waals surface area contributed by atoms with Crippen LogP contribution in [0.15, 0.2) is 53.3 Å². The molecule has 1 aliphatic heterocycles. The minimum Gasteiger partial charge on any atom is -0.493 e. The Balaban J connectivity index is 1.59. The van der Waals surface area contributed by atoms with E-state index in [9.17, 15) is 14.4 Å². The maximum Gasteiger partial charge on any atom is 0.245 e. The van der Waals surface area contributed by atoms with Crippen LogP contribution in [0, 0.1) is 5.92 Å². The molecule has 2 atom stereocenters. The zero-order valence-corrected chi connectivity index (χ0v) is 26.3. The first-order valence-electron chi connectivity index (χ1n) is 15.1. The van der Waals surface area contributed by atoms with Crippen molar-refractivity contribution in [3.05, 3.63) is 81.0 Å². The molecule has 2 amide bonds. The number of hydrogen-bond acceptors (Lipinski definition) is 7. The second-order valence-electron chi connectivity index (χ2n) is 11.7. The molecule has 2 N–H and O–H groups in total. The topological polar surface area (TPSA) is 106 Å². The molecule has 0 fully saturated rings. The van der Waals surface area contributed by atoms with Gasteiger partial charge in [-0.1, -0.05) is 44.2 Å². The average Bonchev–Trinajstić information content (AvgIpc) is 3.26. The van der Waals surface area contributed by atoms with Crippen LogP contribution in [0.3, 0.4) is 0 Å². The molecule has 5 rings (SSSR count). The highest BCUT2D eigenvalue weighted by atomic mass is 16.5. The zero-order valence-electron chi connectivity index (χ0n) is 26.3. The van der Waals surface area contributed by atoms with E-state index in [0.29, 0.717) is 54.4 Å². The van der Waals surface area contributed by atoms with Gasteiger partial charge in [-0.05, 0) is 71.2 Å². The number of nitrogens with zero attached hydrogens (tertiary/aromatic N) is 1. The first-order chi connectivity index (χ1) is 21.2. The van der Waals surface area contributed by atoms with Crippen LogP contribution in [0.2, 0.25) is 0 Å². The number of hydrogen-bond donors (Lipinski definition) is 2. The fourth-order valence-corrected chi connectivity index (χ4v) is 6.39. The predicted octanol–water partition coefficient (Wildman–Crippen LogP) is 4.88. The number of benzene rings is 2. The van der Waals surface area contributed by atoms with E-state index >= 15 is 0 Å². The highest BCUT2D eigenvalue weighted by Crippen LogP contribution is 2.50. The normalized spacial score (nSPS) is 16.1. The molecule has 3 aromatic carbocycles. The molecule has 9 nitrogen and oxygen atoms in total. The lowest BCUT2D eigenvalue weighted by Crippen LogP contribution is -2.47. The van der Waals surface area contributed by atoms with Crippen molar-refractivity contribution in [2.45, 2.75) is 58.7 Å². The van der Waals surface area contributed by atoms with E-state index in [1.165, 1.54) is 12.5 Å². The summed E-state index contributed by atoms with van der Waals surface area (Å²) in [7, 11) is 4.70. The van der Waals surface area contributed by atoms with Crippen molar-refractivity contribution in [1.29, 1.82) is 0 Å². The highest BCUT2D eigenvalue weighted by Gasteiger charge is 2.32. The Hall–Kier alpha value is -4.53. The summed E-state index contributed by atoms with van der Waals surface area (Å²) in [4.78, 5) is 41.9. The predicted molar refractivity (Wildman–Crippen MR) is 170 cm³/mol. The minimum atomic E-state index is -0.604. The van der Waals surface area contributed by atoms with Crippen molar-refractivity contribution in [2.75, 3.05) is 33.2 Å². The standard InChI is InChI=1S/C35H41N3O6/c1-20(2)32(35(41)38-16-15-22-9-7-8-10-24(22)19-38)37-28-14-12-25-26(18-29(28)40)27(36-21(3)39)13-11-23-17-30(42-4)33(43-5)34(44-6)31(23)25/h7-10,12,14,17-18,20,27,32H,11,13,15-16,19H2,1-6H3,(H,36,39)(H,37,40)/t27-,32-/m1/s1. The summed E-state index contributed by atoms with van der Waals surface area (Å²) < 4.78 is 17.2. The fourth-order valence-electron chi connectivity index (χ4n) is 6.39. The maximum absolute atomic E-state index is 13.9. The Morgan fingerprint density at radius 3 is 2.30 bits per heavy atom. The quantitative estimate of drug-likeness (QED) is 0.380. The third kappa shape index (κ3) is 5.96. The second-order valence-corrected chi connectivity index (χ2v) is 11.7. The van der Waals surface area contributed by atoms with Gasteiger partial charge in [0.25, 0.3) is 0 Å². The number of nitrogens with one attached hydrogen (secondary N) is 2. The number of fused-ring (bicyclic) bond motifs is 4. The summed E-state index contributed by atoms with van der Waals surface area (Å²) in [6.07, 6.45) is 1.97. The molecule has 9 heteroatoms. The molecule has 0 saturated carbocycles. The Morgan fingerprint density at radius 1 is 0.909 bits per heavy atom. The maximum atomic E-state index is 13.9. The summed E-state index contributed by atoms with van der Waals surface area (Å²) in [5.41, 5.74) is 5.58. The summed E-state index contributed by atoms with van der Waals surface area (Å²) >= 11 is 0. The summed E-state index contributed by atoms with van der Waals surface area (Å²) in [6.45, 7) is 6.59. The molecule has 0 aromatic heterocycles. The van der Waals surface area contributed by atoms with Crippen molar-refractivity contribution < 1.29 is 23.8 Å². The highest BCUT2D eigenvalue weighted by molar-refractivity contribution is 5.86. The van der Waals surface area contributed by atoms with Crippen molar-refractivity contribution in [3.63, 3.8) is 0 Å². The van der Waals surface area contributed by atoms with E-state index in [1.807, 2.05) is 43.0 Å². The van der Waals surface area contributed by atoms with Gasteiger partial charge in [-0.15, -0.1) is 0 Å². The number of carbonyl (C=O) groups excluding carboxylic acids is 2. The second kappa shape index (κ2) is 13.0. The largest absolute Gasteiger partial charge is 0.493 e. The van der Waals surface area contributed by atoms with Gasteiger partial charge in [0.2, 0.25) is 23.0 Å². The Kier molecular flexibility index (Phi) is 9.13. The monoisotopic (exact) mass is 599 g/mol. The Labute approximate surface area is 258 Å². The van der Waals surface area contributed by atoms with Crippen LogP contribution in [0.4, 0.5) is 5.69 Å². The molecule has 0 radical (unpaired) electrons. The number of amides is 2. The first kappa shape index (κ1) is 30.9. The van der Waals surface area contributed by atoms with Gasteiger partial charge in [-0.25, -0.2) is 0 Å². The van der Waals surface area contributed by atoms with E-state index < -0.39 is 12.1 Å². The molecule has 3 aromatic rings. The molecular formula is C35H41N3O6. The zero-order chi connectivity index (χ0) is 31.5. The van der Waals surface area contributed by atoms with Crippen LogP contribution >= 0.6 is 0 Å². The number of ether oxygens (including phenoxy) is 3. The number of anilines is 1. The molecule has 0 saturated heterocycles. The molecule has 2 aliphatic rings. The van der Waals surface area contributed by atoms with Crippen molar-refractivity contribution >= 4 is 17.5 Å². The van der Waals surface area contributed by atoms with Gasteiger partial charge in [-0.2, -0.15) is 0 Å². The number of methoxy groups -OCH3 is 3. The Bertz CT molecular complexity index is 1640. The lowest BCUT2D eigenvalue weighted by molar-refractivity contribution is -0.133. The molecule has 1 aliphatic carbocycles. The number of aryl methyl sites for hydroxylation is 1. The Morgan fingerprint density at radius 2 is 1.64 bits per heavy atom. The smallest absolute Gasteiger partial charge is 0.245 e. The van der Waals surface area contributed by atoms with Crippen LogP contribution in [0.1, 0.15) is 55.5 Å². The molecule has 0 unspecified atom stereocenters. The lowest BCUT2D eigenvalue weighted by atomic mass is 9.95. The van der Waals surface area contributed by atoms with E-state index in [2.05, 4.69) is 22.8 Å². The van der Waals surface area contributed by atoms with Crippen molar-refractivity contribution in [1.82, 2.24) is 10.2 Å². The van der Waals surface area contributed by atoms with Crippen LogP contribution < -0.4 is 30.3 Å². The van der Waals surface area contributed by atoms with E-state index in [1.54, 1.807) is 33.5 Å². The van der Waals surface area contributed by atoms with Crippen molar-refractivity contribution in [2.24, 2.45) is 5.92 Å². The fraction of sp³-hybridized carbons (Fsp3) is 0.400. The van der Waals surface area contributed by atoms with Gasteiger partial charge in [0, 0.05) is 25.6 Å².